The van der Waals surface area contributed by atoms with Crippen LogP contribution in [0.15, 0.2) is 48.7 Å². The predicted octanol–water partition coefficient (Wildman–Crippen LogP) is 5.19. The highest BCUT2D eigenvalue weighted by Gasteiger charge is 2.38. The van der Waals surface area contributed by atoms with E-state index in [9.17, 15) is 18.7 Å². The van der Waals surface area contributed by atoms with Gasteiger partial charge in [-0.2, -0.15) is 0 Å². The molecule has 1 aromatic heterocycles. The van der Waals surface area contributed by atoms with Crippen molar-refractivity contribution in [2.24, 2.45) is 5.92 Å². The number of aromatic nitrogens is 1. The van der Waals surface area contributed by atoms with E-state index in [4.69, 9.17) is 12.2 Å². The van der Waals surface area contributed by atoms with Gasteiger partial charge in [-0.15, -0.1) is 0 Å². The zero-order valence-electron chi connectivity index (χ0n) is 19.9. The summed E-state index contributed by atoms with van der Waals surface area (Å²) >= 11 is 5.45. The van der Waals surface area contributed by atoms with E-state index in [1.165, 1.54) is 23.1 Å². The number of carboxylic acids is 1. The molecule has 2 aliphatic rings. The molecule has 2 fully saturated rings. The number of hydrogen-bond donors (Lipinski definition) is 3. The summed E-state index contributed by atoms with van der Waals surface area (Å²) in [5, 5.41) is 14.7. The number of piperidine rings is 2. The lowest BCUT2D eigenvalue weighted by Gasteiger charge is -2.42. The van der Waals surface area contributed by atoms with E-state index in [0.29, 0.717) is 37.0 Å². The Kier molecular flexibility index (Phi) is 7.20. The number of aliphatic carboxylic acids is 1. The fourth-order valence-corrected chi connectivity index (χ4v) is 6.12. The van der Waals surface area contributed by atoms with Crippen LogP contribution in [0, 0.1) is 17.6 Å². The molecule has 0 amide bonds. The Bertz CT molecular complexity index is 1230. The number of likely N-dealkylation sites (tertiary alicyclic amines) is 2. The van der Waals surface area contributed by atoms with Crippen LogP contribution in [0.3, 0.4) is 0 Å². The maximum Gasteiger partial charge on any atom is 0.321 e. The number of nitrogens with one attached hydrogen (secondary N) is 2. The van der Waals surface area contributed by atoms with Gasteiger partial charge in [-0.3, -0.25) is 9.69 Å². The third-order valence-electron chi connectivity index (χ3n) is 7.62. The van der Waals surface area contributed by atoms with Crippen LogP contribution in [0.25, 0.3) is 10.9 Å². The first-order valence-corrected chi connectivity index (χ1v) is 12.8. The van der Waals surface area contributed by atoms with Gasteiger partial charge in [0.15, 0.2) is 5.11 Å². The van der Waals surface area contributed by atoms with Crippen molar-refractivity contribution in [1.82, 2.24) is 14.8 Å². The summed E-state index contributed by atoms with van der Waals surface area (Å²) in [6.07, 6.45) is 5.35. The first kappa shape index (κ1) is 24.6. The number of aromatic amines is 1. The highest BCUT2D eigenvalue weighted by molar-refractivity contribution is 7.80. The van der Waals surface area contributed by atoms with E-state index in [1.54, 1.807) is 0 Å². The molecule has 5 rings (SSSR count). The highest BCUT2D eigenvalue weighted by atomic mass is 32.1. The standard InChI is InChI=1S/C27H30F2N4O2S/c28-19-13-20(29)15-21(14-19)31-27(36)33-11-7-18(8-12-33)25(26(34)35)32-9-5-17(6-10-32)23-16-30-24-4-2-1-3-22(23)24/h1-4,13-18,25,30H,5-12H2,(H,31,36)(H,34,35). The molecular weight excluding hydrogens is 482 g/mol. The average Bonchev–Trinajstić information content (AvgIpc) is 3.28. The second-order valence-electron chi connectivity index (χ2n) is 9.80. The Hall–Kier alpha value is -3.04. The number of hydrogen-bond acceptors (Lipinski definition) is 3. The van der Waals surface area contributed by atoms with Gasteiger partial charge in [-0.05, 0) is 86.6 Å². The molecule has 0 spiro atoms. The smallest absolute Gasteiger partial charge is 0.321 e. The third-order valence-corrected chi connectivity index (χ3v) is 7.98. The number of H-pyrrole nitrogens is 1. The Morgan fingerprint density at radius 2 is 1.69 bits per heavy atom. The largest absolute Gasteiger partial charge is 0.480 e. The lowest BCUT2D eigenvalue weighted by molar-refractivity contribution is -0.146. The molecule has 0 radical (unpaired) electrons. The number of thiocarbonyl (C=S) groups is 1. The molecule has 0 bridgehead atoms. The van der Waals surface area contributed by atoms with Crippen LogP contribution in [-0.4, -0.2) is 63.2 Å². The molecule has 3 N–H and O–H groups in total. The Morgan fingerprint density at radius 1 is 1.03 bits per heavy atom. The van der Waals surface area contributed by atoms with E-state index in [2.05, 4.69) is 39.6 Å². The average molecular weight is 513 g/mol. The van der Waals surface area contributed by atoms with Crippen LogP contribution in [0.2, 0.25) is 0 Å². The summed E-state index contributed by atoms with van der Waals surface area (Å²) in [5.74, 6) is -1.66. The molecule has 2 saturated heterocycles. The van der Waals surface area contributed by atoms with E-state index in [-0.39, 0.29) is 11.6 Å². The van der Waals surface area contributed by atoms with Crippen LogP contribution in [0.5, 0.6) is 0 Å². The number of para-hydroxylation sites is 1. The summed E-state index contributed by atoms with van der Waals surface area (Å²) in [6.45, 7) is 2.71. The number of nitrogens with zero attached hydrogens (tertiary/aromatic N) is 2. The number of halogens is 2. The van der Waals surface area contributed by atoms with Crippen LogP contribution in [-0.2, 0) is 4.79 Å². The predicted molar refractivity (Wildman–Crippen MR) is 140 cm³/mol. The molecular formula is C27H30F2N4O2S. The summed E-state index contributed by atoms with van der Waals surface area (Å²) < 4.78 is 27.0. The minimum absolute atomic E-state index is 0.0257. The molecule has 3 heterocycles. The summed E-state index contributed by atoms with van der Waals surface area (Å²) in [6, 6.07) is 11.0. The van der Waals surface area contributed by atoms with Crippen molar-refractivity contribution >= 4 is 39.9 Å². The zero-order chi connectivity index (χ0) is 25.2. The molecule has 2 aliphatic heterocycles. The minimum Gasteiger partial charge on any atom is -0.480 e. The van der Waals surface area contributed by atoms with Gasteiger partial charge < -0.3 is 20.3 Å². The normalized spacial score (nSPS) is 18.9. The third kappa shape index (κ3) is 5.22. The Balaban J connectivity index is 1.17. The van der Waals surface area contributed by atoms with Crippen molar-refractivity contribution in [3.63, 3.8) is 0 Å². The van der Waals surface area contributed by atoms with Crippen molar-refractivity contribution < 1.29 is 18.7 Å². The van der Waals surface area contributed by atoms with Crippen LogP contribution in [0.4, 0.5) is 14.5 Å². The number of carbonyl (C=O) groups is 1. The van der Waals surface area contributed by atoms with E-state index in [0.717, 1.165) is 37.5 Å². The fraction of sp³-hybridized carbons (Fsp3) is 0.407. The van der Waals surface area contributed by atoms with Gasteiger partial charge in [0.1, 0.15) is 17.7 Å². The SMILES string of the molecule is O=C(O)C(C1CCN(C(=S)Nc2cc(F)cc(F)c2)CC1)N1CCC(c2c[nH]c3ccccc23)CC1. The quantitative estimate of drug-likeness (QED) is 0.409. The van der Waals surface area contributed by atoms with Crippen molar-refractivity contribution in [2.75, 3.05) is 31.5 Å². The van der Waals surface area contributed by atoms with Crippen molar-refractivity contribution in [3.8, 4) is 0 Å². The monoisotopic (exact) mass is 512 g/mol. The molecule has 3 aromatic rings. The molecule has 190 valence electrons. The number of carboxylic acid groups (broad SMARTS) is 1. The Morgan fingerprint density at radius 3 is 2.36 bits per heavy atom. The van der Waals surface area contributed by atoms with E-state index < -0.39 is 23.6 Å². The summed E-state index contributed by atoms with van der Waals surface area (Å²) in [5.41, 5.74) is 2.73. The maximum absolute atomic E-state index is 13.5. The van der Waals surface area contributed by atoms with Gasteiger partial charge in [0.2, 0.25) is 0 Å². The molecule has 2 aromatic carbocycles. The molecule has 6 nitrogen and oxygen atoms in total. The zero-order valence-corrected chi connectivity index (χ0v) is 20.7. The first-order chi connectivity index (χ1) is 17.4. The number of anilines is 1. The molecule has 1 unspecified atom stereocenters. The second kappa shape index (κ2) is 10.5. The Labute approximate surface area is 214 Å². The highest BCUT2D eigenvalue weighted by Crippen LogP contribution is 2.35. The van der Waals surface area contributed by atoms with Gasteiger partial charge in [0, 0.05) is 41.9 Å². The second-order valence-corrected chi connectivity index (χ2v) is 10.2. The molecule has 9 heteroatoms. The van der Waals surface area contributed by atoms with E-state index in [1.807, 2.05) is 11.0 Å². The van der Waals surface area contributed by atoms with Crippen molar-refractivity contribution in [2.45, 2.75) is 37.6 Å². The van der Waals surface area contributed by atoms with Crippen LogP contribution in [0.1, 0.15) is 37.2 Å². The van der Waals surface area contributed by atoms with Gasteiger partial charge in [-0.25, -0.2) is 8.78 Å². The van der Waals surface area contributed by atoms with Crippen LogP contribution >= 0.6 is 12.2 Å². The fourth-order valence-electron chi connectivity index (χ4n) is 5.82. The number of rotatable bonds is 5. The van der Waals surface area contributed by atoms with Gasteiger partial charge in [-0.1, -0.05) is 18.2 Å². The first-order valence-electron chi connectivity index (χ1n) is 12.4. The maximum atomic E-state index is 13.5. The topological polar surface area (TPSA) is 71.6 Å². The molecule has 0 aliphatic carbocycles. The number of fused-ring (bicyclic) bond motifs is 1. The van der Waals surface area contributed by atoms with Gasteiger partial charge in [0.25, 0.3) is 0 Å². The van der Waals surface area contributed by atoms with Crippen LogP contribution < -0.4 is 5.32 Å². The molecule has 36 heavy (non-hydrogen) atoms. The lowest BCUT2D eigenvalue weighted by Crippen LogP contribution is -2.52. The summed E-state index contributed by atoms with van der Waals surface area (Å²) in [4.78, 5) is 19.8. The van der Waals surface area contributed by atoms with Crippen molar-refractivity contribution in [3.05, 3.63) is 65.9 Å². The molecule has 0 saturated carbocycles. The number of benzene rings is 2. The van der Waals surface area contributed by atoms with Gasteiger partial charge >= 0.3 is 5.97 Å². The van der Waals surface area contributed by atoms with Crippen molar-refractivity contribution in [1.29, 1.82) is 0 Å². The molecule has 1 atom stereocenters. The summed E-state index contributed by atoms with van der Waals surface area (Å²) in [7, 11) is 0. The van der Waals surface area contributed by atoms with Gasteiger partial charge in [0.05, 0.1) is 0 Å². The minimum atomic E-state index is -0.769. The van der Waals surface area contributed by atoms with E-state index >= 15 is 0 Å². The lowest BCUT2D eigenvalue weighted by atomic mass is 9.84.